The zero-order chi connectivity index (χ0) is 22.6. The maximum atomic E-state index is 13.0. The Bertz CT molecular complexity index is 971. The first kappa shape index (κ1) is 22.8. The van der Waals surface area contributed by atoms with Crippen molar-refractivity contribution in [1.29, 1.82) is 0 Å². The van der Waals surface area contributed by atoms with Crippen molar-refractivity contribution >= 4 is 34.4 Å². The van der Waals surface area contributed by atoms with Gasteiger partial charge >= 0.3 is 6.36 Å². The monoisotopic (exact) mass is 454 g/mol. The van der Waals surface area contributed by atoms with Crippen molar-refractivity contribution in [3.63, 3.8) is 0 Å². The molecule has 0 fully saturated rings. The fraction of sp³-hybridized carbons (Fsp3) is 0.333. The van der Waals surface area contributed by atoms with Gasteiger partial charge < -0.3 is 14.8 Å². The Balaban J connectivity index is 1.84. The summed E-state index contributed by atoms with van der Waals surface area (Å²) < 4.78 is 47.0. The third kappa shape index (κ3) is 5.86. The van der Waals surface area contributed by atoms with Crippen LogP contribution < -0.4 is 10.1 Å². The summed E-state index contributed by atoms with van der Waals surface area (Å²) in [4.78, 5) is 27.7. The molecule has 0 unspecified atom stereocenters. The number of nitrogens with one attached hydrogen (secondary N) is 1. The molecule has 0 aliphatic carbocycles. The fourth-order valence-electron chi connectivity index (χ4n) is 3.00. The van der Waals surface area contributed by atoms with Crippen LogP contribution in [0, 0.1) is 0 Å². The molecule has 0 saturated carbocycles. The average Bonchev–Trinajstić information content (AvgIpc) is 3.26. The number of halogens is 3. The highest BCUT2D eigenvalue weighted by Gasteiger charge is 2.39. The molecule has 1 aromatic carbocycles. The maximum absolute atomic E-state index is 13.0. The summed E-state index contributed by atoms with van der Waals surface area (Å²) in [5.41, 5.74) is 0.394. The van der Waals surface area contributed by atoms with Crippen molar-refractivity contribution in [3.8, 4) is 5.75 Å². The van der Waals surface area contributed by atoms with E-state index in [-0.39, 0.29) is 29.6 Å². The van der Waals surface area contributed by atoms with Crippen LogP contribution in [0.3, 0.4) is 0 Å². The van der Waals surface area contributed by atoms with Crippen molar-refractivity contribution in [1.82, 2.24) is 4.90 Å². The minimum absolute atomic E-state index is 0.0152. The fourth-order valence-corrected chi connectivity index (χ4v) is 3.77. The lowest BCUT2D eigenvalue weighted by molar-refractivity contribution is -0.274. The lowest BCUT2D eigenvalue weighted by Gasteiger charge is -2.16. The zero-order valence-electron chi connectivity index (χ0n) is 16.9. The van der Waals surface area contributed by atoms with Gasteiger partial charge in [0.25, 0.3) is 11.8 Å². The van der Waals surface area contributed by atoms with Crippen molar-refractivity contribution in [2.24, 2.45) is 0 Å². The number of carbonyl (C=O) groups is 2. The van der Waals surface area contributed by atoms with Crippen molar-refractivity contribution in [3.05, 3.63) is 52.4 Å². The molecule has 0 radical (unpaired) electrons. The molecule has 2 amide bonds. The Morgan fingerprint density at radius 3 is 2.55 bits per heavy atom. The van der Waals surface area contributed by atoms with Gasteiger partial charge in [0.1, 0.15) is 11.4 Å². The highest BCUT2D eigenvalue weighted by atomic mass is 32.1. The first-order valence-electron chi connectivity index (χ1n) is 9.54. The highest BCUT2D eigenvalue weighted by Crippen LogP contribution is 2.34. The van der Waals surface area contributed by atoms with E-state index >= 15 is 0 Å². The molecule has 2 heterocycles. The highest BCUT2D eigenvalue weighted by molar-refractivity contribution is 7.11. The van der Waals surface area contributed by atoms with Crippen LogP contribution in [0.4, 0.5) is 18.9 Å². The molecular formula is C21H21F3N2O4S. The molecule has 10 heteroatoms. The first-order valence-corrected chi connectivity index (χ1v) is 10.4. The first-order chi connectivity index (χ1) is 14.7. The summed E-state index contributed by atoms with van der Waals surface area (Å²) in [6.07, 6.45) is -4.34. The molecule has 0 saturated heterocycles. The molecule has 3 rings (SSSR count). The Morgan fingerprint density at radius 1 is 1.13 bits per heavy atom. The van der Waals surface area contributed by atoms with Gasteiger partial charge in [-0.25, -0.2) is 0 Å². The second-order valence-corrected chi connectivity index (χ2v) is 7.91. The van der Waals surface area contributed by atoms with E-state index in [1.165, 1.54) is 23.5 Å². The second kappa shape index (κ2) is 9.52. The number of benzene rings is 1. The van der Waals surface area contributed by atoms with E-state index in [0.717, 1.165) is 17.0 Å². The van der Waals surface area contributed by atoms with Crippen LogP contribution in [0.2, 0.25) is 0 Å². The summed E-state index contributed by atoms with van der Waals surface area (Å²) in [6.45, 7) is 4.34. The van der Waals surface area contributed by atoms with Gasteiger partial charge in [0.05, 0.1) is 11.7 Å². The van der Waals surface area contributed by atoms with Gasteiger partial charge in [-0.1, -0.05) is 12.1 Å². The summed E-state index contributed by atoms with van der Waals surface area (Å²) >= 11 is 1.29. The number of hydrogen-bond donors (Lipinski definition) is 1. The van der Waals surface area contributed by atoms with Crippen molar-refractivity contribution in [2.75, 3.05) is 18.5 Å². The van der Waals surface area contributed by atoms with E-state index in [1.54, 1.807) is 17.5 Å². The van der Waals surface area contributed by atoms with Gasteiger partial charge in [-0.3, -0.25) is 14.5 Å². The van der Waals surface area contributed by atoms with Crippen molar-refractivity contribution < 1.29 is 32.2 Å². The van der Waals surface area contributed by atoms with E-state index in [4.69, 9.17) is 4.74 Å². The topological polar surface area (TPSA) is 67.9 Å². The van der Waals surface area contributed by atoms with Crippen LogP contribution in [0.5, 0.6) is 5.75 Å². The molecule has 166 valence electrons. The van der Waals surface area contributed by atoms with E-state index in [0.29, 0.717) is 17.9 Å². The summed E-state index contributed by atoms with van der Waals surface area (Å²) in [5, 5.41) is 4.59. The number of carbonyl (C=O) groups excluding carboxylic acids is 2. The lowest BCUT2D eigenvalue weighted by Crippen LogP contribution is -2.34. The normalized spacial score (nSPS) is 14.7. The number of thiophene rings is 1. The van der Waals surface area contributed by atoms with Crippen LogP contribution in [-0.4, -0.2) is 42.3 Å². The molecule has 2 aromatic rings. The standard InChI is InChI=1S/C21H21F3N2O4S/c1-13(2)29-10-5-9-26-19(27)17(16-8-4-11-31-16)18(20(26)28)25-14-6-3-7-15(12-14)30-21(22,23)24/h3-4,6-8,11-13,25H,5,9-10H2,1-2H3. The Morgan fingerprint density at radius 2 is 1.90 bits per heavy atom. The van der Waals surface area contributed by atoms with E-state index in [1.807, 2.05) is 13.8 Å². The second-order valence-electron chi connectivity index (χ2n) is 6.96. The number of hydrogen-bond acceptors (Lipinski definition) is 6. The molecule has 1 aliphatic heterocycles. The van der Waals surface area contributed by atoms with Crippen LogP contribution in [0.25, 0.3) is 5.57 Å². The van der Waals surface area contributed by atoms with Crippen molar-refractivity contribution in [2.45, 2.75) is 32.7 Å². The number of alkyl halides is 3. The van der Waals surface area contributed by atoms with Crippen LogP contribution in [-0.2, 0) is 14.3 Å². The molecule has 6 nitrogen and oxygen atoms in total. The minimum Gasteiger partial charge on any atom is -0.406 e. The molecule has 0 atom stereocenters. The number of anilines is 1. The predicted molar refractivity (Wildman–Crippen MR) is 110 cm³/mol. The van der Waals surface area contributed by atoms with Crippen LogP contribution in [0.1, 0.15) is 25.1 Å². The van der Waals surface area contributed by atoms with Gasteiger partial charge in [-0.2, -0.15) is 0 Å². The van der Waals surface area contributed by atoms with Crippen LogP contribution in [0.15, 0.2) is 47.5 Å². The van der Waals surface area contributed by atoms with E-state index < -0.39 is 23.9 Å². The molecule has 0 bridgehead atoms. The van der Waals surface area contributed by atoms with Gasteiger partial charge in [0, 0.05) is 29.8 Å². The SMILES string of the molecule is CC(C)OCCCN1C(=O)C(Nc2cccc(OC(F)(F)F)c2)=C(c2cccs2)C1=O. The minimum atomic E-state index is -4.84. The third-order valence-electron chi connectivity index (χ3n) is 4.25. The van der Waals surface area contributed by atoms with Gasteiger partial charge in [-0.15, -0.1) is 24.5 Å². The molecule has 1 N–H and O–H groups in total. The third-order valence-corrected chi connectivity index (χ3v) is 5.14. The zero-order valence-corrected chi connectivity index (χ0v) is 17.7. The maximum Gasteiger partial charge on any atom is 0.573 e. The molecule has 1 aromatic heterocycles. The van der Waals surface area contributed by atoms with Gasteiger partial charge in [0.15, 0.2) is 0 Å². The Hall–Kier alpha value is -2.85. The quantitative estimate of drug-likeness (QED) is 0.441. The summed E-state index contributed by atoms with van der Waals surface area (Å²) in [7, 11) is 0. The van der Waals surface area contributed by atoms with Gasteiger partial charge in [0.2, 0.25) is 0 Å². The molecule has 1 aliphatic rings. The van der Waals surface area contributed by atoms with E-state index in [2.05, 4.69) is 10.1 Å². The average molecular weight is 454 g/mol. The molecule has 0 spiro atoms. The van der Waals surface area contributed by atoms with Gasteiger partial charge in [-0.05, 0) is 43.8 Å². The number of amides is 2. The Kier molecular flexibility index (Phi) is 7.01. The smallest absolute Gasteiger partial charge is 0.406 e. The van der Waals surface area contributed by atoms with Crippen LogP contribution >= 0.6 is 11.3 Å². The lowest BCUT2D eigenvalue weighted by atomic mass is 10.2. The Labute approximate surface area is 181 Å². The predicted octanol–water partition coefficient (Wildman–Crippen LogP) is 4.65. The van der Waals surface area contributed by atoms with E-state index in [9.17, 15) is 22.8 Å². The molecular weight excluding hydrogens is 433 g/mol. The molecule has 31 heavy (non-hydrogen) atoms. The summed E-state index contributed by atoms with van der Waals surface area (Å²) in [5.74, 6) is -1.43. The number of ether oxygens (including phenoxy) is 2. The largest absolute Gasteiger partial charge is 0.573 e. The number of nitrogens with zero attached hydrogens (tertiary/aromatic N) is 1. The summed E-state index contributed by atoms with van der Waals surface area (Å²) in [6, 6.07) is 8.57. The number of rotatable bonds is 9. The number of imide groups is 1.